The number of anilines is 1. The number of nitrogens with one attached hydrogen (secondary N) is 2. The van der Waals surface area contributed by atoms with Gasteiger partial charge in [-0.05, 0) is 77.6 Å². The van der Waals surface area contributed by atoms with E-state index in [0.29, 0.717) is 55.2 Å². The number of urea groups is 1. The van der Waals surface area contributed by atoms with Crippen molar-refractivity contribution in [1.29, 1.82) is 0 Å². The third-order valence-electron chi connectivity index (χ3n) is 10.3. The minimum Gasteiger partial charge on any atom is -0.322 e. The highest BCUT2D eigenvalue weighted by Crippen LogP contribution is 2.35. The van der Waals surface area contributed by atoms with E-state index in [1.807, 2.05) is 24.0 Å². The summed E-state index contributed by atoms with van der Waals surface area (Å²) in [7, 11) is 0. The van der Waals surface area contributed by atoms with Gasteiger partial charge in [-0.2, -0.15) is 18.3 Å². The Morgan fingerprint density at radius 2 is 1.68 bits per heavy atom. The molecule has 0 bridgehead atoms. The summed E-state index contributed by atoms with van der Waals surface area (Å²) in [6.07, 6.45) is -1.30. The largest absolute Gasteiger partial charge is 0.416 e. The Bertz CT molecular complexity index is 2500. The molecule has 3 aliphatic rings. The van der Waals surface area contributed by atoms with Crippen LogP contribution in [0.1, 0.15) is 66.2 Å². The van der Waals surface area contributed by atoms with E-state index in [4.69, 9.17) is 0 Å². The number of carbonyl (C=O) groups is 4. The maximum atomic E-state index is 14.4. The molecule has 16 heteroatoms. The van der Waals surface area contributed by atoms with Crippen molar-refractivity contribution < 1.29 is 32.3 Å². The van der Waals surface area contributed by atoms with Crippen molar-refractivity contribution in [1.82, 2.24) is 39.7 Å². The first-order valence-electron chi connectivity index (χ1n) is 18.3. The van der Waals surface area contributed by atoms with Crippen LogP contribution in [0.25, 0.3) is 5.65 Å². The third-order valence-corrected chi connectivity index (χ3v) is 10.3. The molecule has 0 unspecified atom stereocenters. The summed E-state index contributed by atoms with van der Waals surface area (Å²) in [4.78, 5) is 58.6. The molecule has 8 rings (SSSR count). The number of imidazole rings is 1. The Morgan fingerprint density at radius 1 is 0.895 bits per heavy atom. The lowest BCUT2D eigenvalue weighted by Gasteiger charge is -2.35. The number of fused-ring (bicyclic) bond motifs is 2. The Labute approximate surface area is 325 Å². The quantitative estimate of drug-likeness (QED) is 0.225. The van der Waals surface area contributed by atoms with E-state index in [-0.39, 0.29) is 54.7 Å². The zero-order chi connectivity index (χ0) is 39.8. The van der Waals surface area contributed by atoms with Crippen molar-refractivity contribution in [3.63, 3.8) is 0 Å². The Balaban J connectivity index is 0.882. The van der Waals surface area contributed by atoms with E-state index in [1.165, 1.54) is 22.2 Å². The van der Waals surface area contributed by atoms with Gasteiger partial charge in [0.1, 0.15) is 5.69 Å². The minimum absolute atomic E-state index is 0.0272. The monoisotopic (exact) mass is 775 g/mol. The molecule has 0 aliphatic carbocycles. The number of halogens is 3. The number of hydrogen-bond donors (Lipinski definition) is 2. The number of nitrogens with zero attached hydrogens (tertiary/aromatic N) is 7. The minimum atomic E-state index is -4.64. The van der Waals surface area contributed by atoms with Crippen molar-refractivity contribution in [2.45, 2.75) is 39.2 Å². The average molecular weight is 776 g/mol. The van der Waals surface area contributed by atoms with Gasteiger partial charge in [0.05, 0.1) is 24.8 Å². The highest BCUT2D eigenvalue weighted by Gasteiger charge is 2.37. The van der Waals surface area contributed by atoms with Crippen molar-refractivity contribution in [3.05, 3.63) is 129 Å². The lowest BCUT2D eigenvalue weighted by Crippen LogP contribution is -2.56. The summed E-state index contributed by atoms with van der Waals surface area (Å²) in [5, 5.41) is 11.7. The fourth-order valence-corrected chi connectivity index (χ4v) is 7.25. The van der Waals surface area contributed by atoms with Gasteiger partial charge in [-0.1, -0.05) is 30.2 Å². The molecule has 0 spiro atoms. The molecule has 0 radical (unpaired) electrons. The smallest absolute Gasteiger partial charge is 0.322 e. The second-order valence-corrected chi connectivity index (χ2v) is 14.2. The molecule has 5 amide bonds. The Kier molecular flexibility index (Phi) is 9.94. The van der Waals surface area contributed by atoms with E-state index in [0.717, 1.165) is 22.8 Å². The first-order chi connectivity index (χ1) is 27.4. The van der Waals surface area contributed by atoms with Crippen molar-refractivity contribution in [2.24, 2.45) is 0 Å². The van der Waals surface area contributed by atoms with Crippen LogP contribution in [0, 0.1) is 18.8 Å². The molecule has 0 saturated carbocycles. The molecule has 2 saturated heterocycles. The second kappa shape index (κ2) is 15.2. The highest BCUT2D eigenvalue weighted by atomic mass is 19.4. The van der Waals surface area contributed by atoms with Crippen LogP contribution in [0.3, 0.4) is 0 Å². The number of hydrogen-bond acceptors (Lipinski definition) is 8. The van der Waals surface area contributed by atoms with Crippen LogP contribution in [0.2, 0.25) is 0 Å². The van der Waals surface area contributed by atoms with E-state index in [2.05, 4.69) is 37.5 Å². The van der Waals surface area contributed by atoms with Crippen LogP contribution in [-0.4, -0.2) is 90.9 Å². The fourth-order valence-electron chi connectivity index (χ4n) is 7.25. The molecule has 2 N–H and O–H groups in total. The fraction of sp³-hybridized carbons (Fsp3) is 0.268. The van der Waals surface area contributed by atoms with Crippen molar-refractivity contribution in [2.75, 3.05) is 38.0 Å². The molecule has 3 aromatic carbocycles. The SMILES string of the molecule is Cc1ccc(C(=O)Nc2ccc(CN3CCN(Cc4ccc5c(c4)CN(N4CCC(=O)NC4=O)C5=O)CC3)c(C(F)(F)F)c2)cc1C#Cc1cnc2cccnn12. The van der Waals surface area contributed by atoms with Crippen LogP contribution < -0.4 is 10.6 Å². The van der Waals surface area contributed by atoms with Gasteiger partial charge in [-0.3, -0.25) is 29.5 Å². The van der Waals surface area contributed by atoms with E-state index >= 15 is 0 Å². The van der Waals surface area contributed by atoms with Gasteiger partial charge in [0.25, 0.3) is 11.8 Å². The summed E-state index contributed by atoms with van der Waals surface area (Å²) < 4.78 is 44.8. The maximum Gasteiger partial charge on any atom is 0.416 e. The summed E-state index contributed by atoms with van der Waals surface area (Å²) >= 11 is 0. The number of amides is 5. The number of rotatable bonds is 7. The van der Waals surface area contributed by atoms with Gasteiger partial charge in [0.15, 0.2) is 5.65 Å². The van der Waals surface area contributed by atoms with Crippen molar-refractivity contribution in [3.8, 4) is 11.8 Å². The van der Waals surface area contributed by atoms with Crippen LogP contribution in [-0.2, 0) is 30.6 Å². The lowest BCUT2D eigenvalue weighted by atomic mass is 10.0. The Hall–Kier alpha value is -6.57. The Morgan fingerprint density at radius 3 is 2.46 bits per heavy atom. The molecule has 5 aromatic rings. The van der Waals surface area contributed by atoms with Gasteiger partial charge in [-0.15, -0.1) is 0 Å². The number of imide groups is 1. The molecular formula is C41H36F3N9O4. The zero-order valence-electron chi connectivity index (χ0n) is 30.8. The number of hydrazine groups is 1. The zero-order valence-corrected chi connectivity index (χ0v) is 30.8. The van der Waals surface area contributed by atoms with Crippen LogP contribution in [0.4, 0.5) is 23.7 Å². The maximum absolute atomic E-state index is 14.4. The third kappa shape index (κ3) is 7.93. The standard InChI is InChI=1S/C41H36F3N9O4/c1-26-4-6-29(20-28(26)8-10-33-22-45-36-3-2-13-46-53(33)36)38(55)47-32-9-7-30(35(21-32)41(42,43)44)24-50-17-15-49(16-18-50)23-27-5-11-34-31(19-27)25-52(39(34)56)51-14-12-37(54)48-40(51)57/h2-7,9,11,13,19-22H,12,14-18,23-25H2,1H3,(H,47,55)(H,48,54,57). The van der Waals surface area contributed by atoms with Crippen LogP contribution >= 0.6 is 0 Å². The first-order valence-corrected chi connectivity index (χ1v) is 18.3. The number of benzene rings is 3. The van der Waals surface area contributed by atoms with E-state index in [1.54, 1.807) is 53.3 Å². The number of alkyl halides is 3. The lowest BCUT2D eigenvalue weighted by molar-refractivity contribution is -0.138. The van der Waals surface area contributed by atoms with Gasteiger partial charge in [-0.25, -0.2) is 24.3 Å². The van der Waals surface area contributed by atoms with Crippen molar-refractivity contribution >= 4 is 35.1 Å². The molecular weight excluding hydrogens is 740 g/mol. The normalized spacial score (nSPS) is 16.4. The van der Waals surface area contributed by atoms with Gasteiger partial charge in [0, 0.05) is 74.3 Å². The molecule has 3 aliphatic heterocycles. The summed E-state index contributed by atoms with van der Waals surface area (Å²) in [5.41, 5.74) is 4.46. The van der Waals surface area contributed by atoms with Gasteiger partial charge >= 0.3 is 12.2 Å². The summed E-state index contributed by atoms with van der Waals surface area (Å²) in [5.74, 6) is 4.85. The van der Waals surface area contributed by atoms with Gasteiger partial charge < -0.3 is 5.32 Å². The predicted octanol–water partition coefficient (Wildman–Crippen LogP) is 4.84. The summed E-state index contributed by atoms with van der Waals surface area (Å²) in [6.45, 7) is 5.21. The molecule has 290 valence electrons. The highest BCUT2D eigenvalue weighted by molar-refractivity contribution is 6.04. The first kappa shape index (κ1) is 37.4. The molecule has 0 atom stereocenters. The molecule has 57 heavy (non-hydrogen) atoms. The number of carbonyl (C=O) groups excluding carboxylic acids is 4. The number of piperazine rings is 1. The average Bonchev–Trinajstić information content (AvgIpc) is 3.75. The number of aromatic nitrogens is 3. The second-order valence-electron chi connectivity index (χ2n) is 14.2. The van der Waals surface area contributed by atoms with Crippen LogP contribution in [0.5, 0.6) is 0 Å². The summed E-state index contributed by atoms with van der Waals surface area (Å²) in [6, 6.07) is 17.3. The molecule has 2 fully saturated rings. The topological polar surface area (TPSA) is 135 Å². The molecule has 5 heterocycles. The van der Waals surface area contributed by atoms with E-state index in [9.17, 15) is 32.3 Å². The van der Waals surface area contributed by atoms with E-state index < -0.39 is 23.7 Å². The van der Waals surface area contributed by atoms with Gasteiger partial charge in [0.2, 0.25) is 5.91 Å². The van der Waals surface area contributed by atoms with Crippen LogP contribution in [0.15, 0.2) is 79.1 Å². The number of aryl methyl sites for hydroxylation is 1. The predicted molar refractivity (Wildman–Crippen MR) is 201 cm³/mol. The molecule has 2 aromatic heterocycles. The molecule has 13 nitrogen and oxygen atoms in total.